The average molecular weight is 400 g/mol. The number of nitrogens with one attached hydrogen (secondary N) is 1. The number of aromatic hydroxyl groups is 2. The maximum Gasteiger partial charge on any atom is 0.339 e. The van der Waals surface area contributed by atoms with Gasteiger partial charge in [0.1, 0.15) is 11.3 Å². The minimum Gasteiger partial charge on any atom is -0.507 e. The lowest BCUT2D eigenvalue weighted by atomic mass is 10.2. The predicted molar refractivity (Wildman–Crippen MR) is 105 cm³/mol. The summed E-state index contributed by atoms with van der Waals surface area (Å²) in [6, 6.07) is 8.63. The van der Waals surface area contributed by atoms with Crippen molar-refractivity contribution in [2.75, 3.05) is 6.61 Å². The van der Waals surface area contributed by atoms with E-state index in [1.165, 1.54) is 24.3 Å². The second-order valence-electron chi connectivity index (χ2n) is 5.65. The first-order chi connectivity index (χ1) is 13.4. The number of amides is 1. The normalized spacial score (nSPS) is 16.4. The van der Waals surface area contributed by atoms with Gasteiger partial charge in [-0.15, -0.1) is 0 Å². The van der Waals surface area contributed by atoms with Gasteiger partial charge in [0.2, 0.25) is 0 Å². The van der Waals surface area contributed by atoms with Gasteiger partial charge in [0.05, 0.1) is 17.2 Å². The maximum atomic E-state index is 12.2. The van der Waals surface area contributed by atoms with Crippen LogP contribution in [0.1, 0.15) is 22.8 Å². The van der Waals surface area contributed by atoms with E-state index in [2.05, 4.69) is 10.3 Å². The number of nitrogens with zero attached hydrogens (tertiary/aromatic N) is 1. The van der Waals surface area contributed by atoms with Gasteiger partial charge in [-0.05, 0) is 60.7 Å². The maximum absolute atomic E-state index is 12.2. The van der Waals surface area contributed by atoms with Crippen molar-refractivity contribution in [3.63, 3.8) is 0 Å². The smallest absolute Gasteiger partial charge is 0.339 e. The zero-order chi connectivity index (χ0) is 20.3. The number of carbonyl (C=O) groups is 2. The number of carboxylic acids is 1. The molecule has 1 heterocycles. The summed E-state index contributed by atoms with van der Waals surface area (Å²) in [6.07, 6.45) is 1.63. The highest BCUT2D eigenvalue weighted by atomic mass is 32.2. The van der Waals surface area contributed by atoms with Gasteiger partial charge in [-0.3, -0.25) is 4.79 Å². The highest BCUT2D eigenvalue weighted by Crippen LogP contribution is 2.32. The van der Waals surface area contributed by atoms with Crippen molar-refractivity contribution in [1.82, 2.24) is 5.32 Å². The lowest BCUT2D eigenvalue weighted by Crippen LogP contribution is -2.19. The van der Waals surface area contributed by atoms with Crippen molar-refractivity contribution >= 4 is 40.6 Å². The SMILES string of the molecule is CCOc1cc(/C=C2\SC(=Nc3ccc(O)c(C(=O)O)c3)NC2=O)ccc1O. The lowest BCUT2D eigenvalue weighted by Gasteiger charge is -2.06. The van der Waals surface area contributed by atoms with E-state index in [9.17, 15) is 19.8 Å². The number of rotatable bonds is 5. The molecule has 2 aromatic rings. The fourth-order valence-corrected chi connectivity index (χ4v) is 3.25. The first-order valence-electron chi connectivity index (χ1n) is 8.19. The molecule has 144 valence electrons. The van der Waals surface area contributed by atoms with Crippen LogP contribution in [-0.2, 0) is 4.79 Å². The number of ether oxygens (including phenoxy) is 1. The summed E-state index contributed by atoms with van der Waals surface area (Å²) in [7, 11) is 0. The van der Waals surface area contributed by atoms with Crippen molar-refractivity contribution in [2.24, 2.45) is 4.99 Å². The van der Waals surface area contributed by atoms with Crippen LogP contribution in [-0.4, -0.2) is 39.0 Å². The molecule has 0 aromatic heterocycles. The first-order valence-corrected chi connectivity index (χ1v) is 9.00. The number of carbonyl (C=O) groups excluding carboxylic acids is 1. The Hall–Kier alpha value is -3.46. The summed E-state index contributed by atoms with van der Waals surface area (Å²) < 4.78 is 5.33. The van der Waals surface area contributed by atoms with Gasteiger partial charge in [0, 0.05) is 0 Å². The van der Waals surface area contributed by atoms with Crippen molar-refractivity contribution < 1.29 is 29.6 Å². The highest BCUT2D eigenvalue weighted by molar-refractivity contribution is 8.18. The Bertz CT molecular complexity index is 1020. The zero-order valence-corrected chi connectivity index (χ0v) is 15.5. The molecule has 1 fully saturated rings. The van der Waals surface area contributed by atoms with Crippen LogP contribution in [0.15, 0.2) is 46.3 Å². The molecule has 0 unspecified atom stereocenters. The molecule has 0 aliphatic carbocycles. The standard InChI is InChI=1S/C19H16N2O6S/c1-2-27-15-7-10(3-5-14(15)23)8-16-17(24)21-19(28-16)20-11-4-6-13(22)12(9-11)18(25)26/h3-9,22-23H,2H2,1H3,(H,25,26)(H,20,21,24)/b16-8-. The van der Waals surface area contributed by atoms with Crippen LogP contribution in [0.25, 0.3) is 6.08 Å². The number of carboxylic acid groups (broad SMARTS) is 1. The molecule has 2 aromatic carbocycles. The average Bonchev–Trinajstić information content (AvgIpc) is 2.98. The van der Waals surface area contributed by atoms with E-state index in [1.807, 2.05) is 0 Å². The Morgan fingerprint density at radius 2 is 1.96 bits per heavy atom. The number of phenols is 2. The molecule has 3 rings (SSSR count). The zero-order valence-electron chi connectivity index (χ0n) is 14.7. The van der Waals surface area contributed by atoms with Crippen LogP contribution in [0.2, 0.25) is 0 Å². The minimum atomic E-state index is -1.28. The summed E-state index contributed by atoms with van der Waals surface area (Å²) in [6.45, 7) is 2.19. The van der Waals surface area contributed by atoms with Gasteiger partial charge in [-0.25, -0.2) is 9.79 Å². The van der Waals surface area contributed by atoms with Crippen molar-refractivity contribution in [1.29, 1.82) is 0 Å². The summed E-state index contributed by atoms with van der Waals surface area (Å²) in [5.41, 5.74) is 0.667. The van der Waals surface area contributed by atoms with Gasteiger partial charge in [0.25, 0.3) is 5.91 Å². The van der Waals surface area contributed by atoms with Crippen molar-refractivity contribution in [3.8, 4) is 17.2 Å². The molecular formula is C19H16N2O6S. The Labute approximate surface area is 164 Å². The lowest BCUT2D eigenvalue weighted by molar-refractivity contribution is -0.115. The summed E-state index contributed by atoms with van der Waals surface area (Å²) >= 11 is 1.09. The molecule has 0 bridgehead atoms. The molecule has 0 radical (unpaired) electrons. The third kappa shape index (κ3) is 4.26. The first kappa shape index (κ1) is 19.3. The van der Waals surface area contributed by atoms with Crippen LogP contribution in [0, 0.1) is 0 Å². The number of thioether (sulfide) groups is 1. The molecule has 1 aliphatic rings. The number of phenolic OH excluding ortho intramolecular Hbond substituents is 1. The van der Waals surface area contributed by atoms with Crippen LogP contribution in [0.5, 0.6) is 17.2 Å². The monoisotopic (exact) mass is 400 g/mol. The molecule has 1 aliphatic heterocycles. The second-order valence-corrected chi connectivity index (χ2v) is 6.68. The fourth-order valence-electron chi connectivity index (χ4n) is 2.41. The molecule has 9 heteroatoms. The number of aromatic carboxylic acids is 1. The van der Waals surface area contributed by atoms with E-state index in [0.717, 1.165) is 11.8 Å². The Morgan fingerprint density at radius 1 is 1.21 bits per heavy atom. The topological polar surface area (TPSA) is 128 Å². The molecular weight excluding hydrogens is 384 g/mol. The molecule has 28 heavy (non-hydrogen) atoms. The number of hydrogen-bond acceptors (Lipinski definition) is 7. The van der Waals surface area contributed by atoms with Crippen molar-refractivity contribution in [2.45, 2.75) is 6.92 Å². The van der Waals surface area contributed by atoms with Gasteiger partial charge < -0.3 is 25.4 Å². The van der Waals surface area contributed by atoms with E-state index in [0.29, 0.717) is 22.8 Å². The third-order valence-corrected chi connectivity index (χ3v) is 4.58. The van der Waals surface area contributed by atoms with Crippen LogP contribution < -0.4 is 10.1 Å². The Balaban J connectivity index is 1.85. The van der Waals surface area contributed by atoms with E-state index in [-0.39, 0.29) is 33.8 Å². The molecule has 4 N–H and O–H groups in total. The van der Waals surface area contributed by atoms with Crippen LogP contribution in [0.3, 0.4) is 0 Å². The molecule has 8 nitrogen and oxygen atoms in total. The van der Waals surface area contributed by atoms with E-state index in [4.69, 9.17) is 9.84 Å². The number of aliphatic imine (C=N–C) groups is 1. The fraction of sp³-hybridized carbons (Fsp3) is 0.105. The van der Waals surface area contributed by atoms with E-state index in [1.54, 1.807) is 25.1 Å². The second kappa shape index (κ2) is 8.05. The van der Waals surface area contributed by atoms with Gasteiger partial charge >= 0.3 is 5.97 Å². The summed E-state index contributed by atoms with van der Waals surface area (Å²) in [5, 5.41) is 31.3. The van der Waals surface area contributed by atoms with E-state index < -0.39 is 5.97 Å². The molecule has 0 atom stereocenters. The number of hydrogen-bond donors (Lipinski definition) is 4. The summed E-state index contributed by atoms with van der Waals surface area (Å²) in [4.78, 5) is 27.9. The minimum absolute atomic E-state index is 0.0105. The number of benzene rings is 2. The Morgan fingerprint density at radius 3 is 2.68 bits per heavy atom. The van der Waals surface area contributed by atoms with Crippen LogP contribution in [0.4, 0.5) is 5.69 Å². The van der Waals surface area contributed by atoms with Gasteiger partial charge in [0.15, 0.2) is 16.7 Å². The Kier molecular flexibility index (Phi) is 5.55. The van der Waals surface area contributed by atoms with Gasteiger partial charge in [-0.2, -0.15) is 0 Å². The largest absolute Gasteiger partial charge is 0.507 e. The molecule has 0 spiro atoms. The highest BCUT2D eigenvalue weighted by Gasteiger charge is 2.24. The quantitative estimate of drug-likeness (QED) is 0.568. The predicted octanol–water partition coefficient (Wildman–Crippen LogP) is 3.09. The third-order valence-electron chi connectivity index (χ3n) is 3.67. The number of amidine groups is 1. The molecule has 1 saturated heterocycles. The van der Waals surface area contributed by atoms with Gasteiger partial charge in [-0.1, -0.05) is 6.07 Å². The van der Waals surface area contributed by atoms with Crippen LogP contribution >= 0.6 is 11.8 Å². The summed E-state index contributed by atoms with van der Waals surface area (Å²) in [5.74, 6) is -1.67. The molecule has 1 amide bonds. The van der Waals surface area contributed by atoms with E-state index >= 15 is 0 Å². The molecule has 0 saturated carbocycles. The van der Waals surface area contributed by atoms with Crippen molar-refractivity contribution in [3.05, 3.63) is 52.4 Å².